The Morgan fingerprint density at radius 1 is 1.27 bits per heavy atom. The number of amides is 1. The predicted molar refractivity (Wildman–Crippen MR) is 90.6 cm³/mol. The van der Waals surface area contributed by atoms with Gasteiger partial charge >= 0.3 is 12.1 Å². The molecular formula is C18H23NO7. The van der Waals surface area contributed by atoms with E-state index < -0.39 is 30.2 Å². The number of nitrogens with zero attached hydrogens (tertiary/aromatic N) is 1. The molecule has 8 nitrogen and oxygen atoms in total. The average molecular weight is 365 g/mol. The van der Waals surface area contributed by atoms with Crippen molar-refractivity contribution in [2.75, 3.05) is 19.8 Å². The van der Waals surface area contributed by atoms with Gasteiger partial charge in [0, 0.05) is 5.92 Å². The lowest BCUT2D eigenvalue weighted by Gasteiger charge is -2.47. The lowest BCUT2D eigenvalue weighted by molar-refractivity contribution is -0.164. The quantitative estimate of drug-likeness (QED) is 0.391. The molecule has 0 aliphatic carbocycles. The molecule has 0 aromatic carbocycles. The van der Waals surface area contributed by atoms with Crippen molar-refractivity contribution < 1.29 is 33.7 Å². The SMILES string of the molecule is C=CCOC(=O)O[C@H](C)[C@H]1C(=O)N2C(C(=O)OCC=C)=C(CO)[C@H](C)C12. The van der Waals surface area contributed by atoms with Crippen LogP contribution in [0.15, 0.2) is 36.6 Å². The van der Waals surface area contributed by atoms with Crippen LogP contribution in [0.4, 0.5) is 4.79 Å². The standard InChI is InChI=1S/C18H23NO7/c1-5-7-24-17(22)15-12(9-20)10(3)14-13(16(21)19(14)15)11(4)26-18(23)25-8-6-2/h5-6,10-11,13-14,20H,1-2,7-9H2,3-4H3/t10-,11+,13+,14?/m0/s1. The summed E-state index contributed by atoms with van der Waals surface area (Å²) in [6, 6.07) is -0.391. The minimum absolute atomic E-state index is 0.000205. The van der Waals surface area contributed by atoms with Gasteiger partial charge in [0.25, 0.3) is 0 Å². The first-order valence-corrected chi connectivity index (χ1v) is 8.28. The van der Waals surface area contributed by atoms with E-state index in [2.05, 4.69) is 13.2 Å². The normalized spacial score (nSPS) is 25.1. The molecule has 1 N–H and O–H groups in total. The first kappa shape index (κ1) is 19.7. The summed E-state index contributed by atoms with van der Waals surface area (Å²) in [5.41, 5.74) is 0.496. The molecule has 1 fully saturated rings. The molecular weight excluding hydrogens is 342 g/mol. The molecule has 1 unspecified atom stereocenters. The van der Waals surface area contributed by atoms with Crippen molar-refractivity contribution in [2.45, 2.75) is 26.0 Å². The van der Waals surface area contributed by atoms with Crippen molar-refractivity contribution in [2.24, 2.45) is 11.8 Å². The summed E-state index contributed by atoms with van der Waals surface area (Å²) in [4.78, 5) is 37.8. The number of rotatable bonds is 8. The Bertz CT molecular complexity index is 654. The lowest BCUT2D eigenvalue weighted by Crippen LogP contribution is -2.64. The topological polar surface area (TPSA) is 102 Å². The third-order valence-corrected chi connectivity index (χ3v) is 4.60. The molecule has 2 aliphatic rings. The van der Waals surface area contributed by atoms with E-state index in [9.17, 15) is 19.5 Å². The average Bonchev–Trinajstić information content (AvgIpc) is 2.86. The second-order valence-corrected chi connectivity index (χ2v) is 6.11. The van der Waals surface area contributed by atoms with Gasteiger partial charge in [0.2, 0.25) is 5.91 Å². The zero-order chi connectivity index (χ0) is 19.4. The van der Waals surface area contributed by atoms with Gasteiger partial charge < -0.3 is 24.2 Å². The maximum atomic E-state index is 12.6. The Balaban J connectivity index is 2.14. The van der Waals surface area contributed by atoms with E-state index in [1.165, 1.54) is 17.1 Å². The van der Waals surface area contributed by atoms with E-state index in [0.717, 1.165) is 0 Å². The van der Waals surface area contributed by atoms with Crippen molar-refractivity contribution in [1.82, 2.24) is 4.90 Å². The number of carbonyl (C=O) groups excluding carboxylic acids is 3. The van der Waals surface area contributed by atoms with E-state index in [1.54, 1.807) is 13.8 Å². The van der Waals surface area contributed by atoms with Gasteiger partial charge in [-0.15, -0.1) is 0 Å². The highest BCUT2D eigenvalue weighted by Crippen LogP contribution is 2.47. The van der Waals surface area contributed by atoms with Gasteiger partial charge in [0.1, 0.15) is 25.0 Å². The van der Waals surface area contributed by atoms with Gasteiger partial charge in [-0.3, -0.25) is 4.79 Å². The fourth-order valence-corrected chi connectivity index (χ4v) is 3.42. The third kappa shape index (κ3) is 3.37. The van der Waals surface area contributed by atoms with Crippen LogP contribution in [0.3, 0.4) is 0 Å². The summed E-state index contributed by atoms with van der Waals surface area (Å²) in [6.45, 7) is 9.93. The zero-order valence-electron chi connectivity index (χ0n) is 14.8. The number of ether oxygens (including phenoxy) is 3. The summed E-state index contributed by atoms with van der Waals surface area (Å²) in [5, 5.41) is 9.66. The van der Waals surface area contributed by atoms with Crippen molar-refractivity contribution in [3.8, 4) is 0 Å². The van der Waals surface area contributed by atoms with Crippen molar-refractivity contribution in [3.63, 3.8) is 0 Å². The van der Waals surface area contributed by atoms with Crippen LogP contribution >= 0.6 is 0 Å². The first-order valence-electron chi connectivity index (χ1n) is 8.28. The van der Waals surface area contributed by atoms with E-state index in [-0.39, 0.29) is 37.3 Å². The monoisotopic (exact) mass is 365 g/mol. The highest BCUT2D eigenvalue weighted by atomic mass is 16.7. The number of aliphatic hydroxyl groups excluding tert-OH is 1. The van der Waals surface area contributed by atoms with Gasteiger partial charge in [0.05, 0.1) is 18.6 Å². The van der Waals surface area contributed by atoms with E-state index >= 15 is 0 Å². The second kappa shape index (κ2) is 8.18. The summed E-state index contributed by atoms with van der Waals surface area (Å²) < 4.78 is 14.9. The van der Waals surface area contributed by atoms with E-state index in [0.29, 0.717) is 5.57 Å². The highest BCUT2D eigenvalue weighted by molar-refractivity contribution is 6.00. The molecule has 0 saturated carbocycles. The minimum Gasteiger partial charge on any atom is -0.457 e. The summed E-state index contributed by atoms with van der Waals surface area (Å²) in [7, 11) is 0. The molecule has 1 amide bonds. The molecule has 26 heavy (non-hydrogen) atoms. The van der Waals surface area contributed by atoms with Crippen molar-refractivity contribution in [3.05, 3.63) is 36.6 Å². The Morgan fingerprint density at radius 3 is 2.46 bits per heavy atom. The summed E-state index contributed by atoms with van der Waals surface area (Å²) in [5.74, 6) is -1.95. The molecule has 0 spiro atoms. The molecule has 4 atom stereocenters. The fourth-order valence-electron chi connectivity index (χ4n) is 3.42. The van der Waals surface area contributed by atoms with Crippen molar-refractivity contribution >= 4 is 18.0 Å². The number of carbonyl (C=O) groups is 3. The van der Waals surface area contributed by atoms with Crippen LogP contribution in [0.2, 0.25) is 0 Å². The Labute approximate surface area is 151 Å². The van der Waals surface area contributed by atoms with Gasteiger partial charge in [-0.2, -0.15) is 0 Å². The van der Waals surface area contributed by atoms with Crippen LogP contribution in [-0.2, 0) is 23.8 Å². The Morgan fingerprint density at radius 2 is 1.88 bits per heavy atom. The number of esters is 1. The molecule has 1 saturated heterocycles. The van der Waals surface area contributed by atoms with Gasteiger partial charge in [-0.25, -0.2) is 9.59 Å². The maximum Gasteiger partial charge on any atom is 0.508 e. The summed E-state index contributed by atoms with van der Waals surface area (Å²) >= 11 is 0. The predicted octanol–water partition coefficient (Wildman–Crippen LogP) is 1.17. The maximum absolute atomic E-state index is 12.6. The fraction of sp³-hybridized carbons (Fsp3) is 0.500. The zero-order valence-corrected chi connectivity index (χ0v) is 14.8. The minimum atomic E-state index is -0.893. The van der Waals surface area contributed by atoms with Crippen LogP contribution in [0, 0.1) is 11.8 Å². The van der Waals surface area contributed by atoms with E-state index in [4.69, 9.17) is 14.2 Å². The van der Waals surface area contributed by atoms with Crippen LogP contribution in [-0.4, -0.2) is 60.0 Å². The first-order chi connectivity index (χ1) is 12.4. The molecule has 0 bridgehead atoms. The second-order valence-electron chi connectivity index (χ2n) is 6.11. The molecule has 2 heterocycles. The molecule has 142 valence electrons. The smallest absolute Gasteiger partial charge is 0.457 e. The van der Waals surface area contributed by atoms with Gasteiger partial charge in [-0.05, 0) is 12.5 Å². The number of aliphatic hydroxyl groups is 1. The number of hydrogen-bond acceptors (Lipinski definition) is 7. The van der Waals surface area contributed by atoms with E-state index in [1.807, 2.05) is 0 Å². The largest absolute Gasteiger partial charge is 0.508 e. The Kier molecular flexibility index (Phi) is 6.20. The number of hydrogen-bond donors (Lipinski definition) is 1. The lowest BCUT2D eigenvalue weighted by atomic mass is 9.78. The van der Waals surface area contributed by atoms with Crippen LogP contribution in [0.5, 0.6) is 0 Å². The summed E-state index contributed by atoms with van der Waals surface area (Å²) in [6.07, 6.45) is 1.18. The van der Waals surface area contributed by atoms with Crippen LogP contribution < -0.4 is 0 Å². The van der Waals surface area contributed by atoms with Gasteiger partial charge in [-0.1, -0.05) is 32.2 Å². The third-order valence-electron chi connectivity index (χ3n) is 4.60. The number of fused-ring (bicyclic) bond motifs is 1. The Hall–Kier alpha value is -2.61. The van der Waals surface area contributed by atoms with Crippen molar-refractivity contribution in [1.29, 1.82) is 0 Å². The molecule has 0 aromatic rings. The highest BCUT2D eigenvalue weighted by Gasteiger charge is 2.60. The molecule has 0 aromatic heterocycles. The van der Waals surface area contributed by atoms with Crippen LogP contribution in [0.1, 0.15) is 13.8 Å². The molecule has 0 radical (unpaired) electrons. The molecule has 2 aliphatic heterocycles. The molecule has 2 rings (SSSR count). The molecule has 8 heteroatoms. The number of β-lactam (4-membered cyclic amide) rings is 1. The van der Waals surface area contributed by atoms with Crippen LogP contribution in [0.25, 0.3) is 0 Å². The van der Waals surface area contributed by atoms with Gasteiger partial charge in [0.15, 0.2) is 0 Å².